The van der Waals surface area contributed by atoms with Crippen LogP contribution >= 0.6 is 0 Å². The van der Waals surface area contributed by atoms with Gasteiger partial charge in [0.1, 0.15) is 0 Å². The van der Waals surface area contributed by atoms with E-state index in [9.17, 15) is 0 Å². The van der Waals surface area contributed by atoms with Crippen LogP contribution in [0.4, 0.5) is 0 Å². The topological polar surface area (TPSA) is 0 Å². The van der Waals surface area contributed by atoms with E-state index in [0.717, 1.165) is 0 Å². The second-order valence-corrected chi connectivity index (χ2v) is 18.6. The fourth-order valence-corrected chi connectivity index (χ4v) is 15.8. The molecular weight excluding hydrogens is 503 g/mol. The summed E-state index contributed by atoms with van der Waals surface area (Å²) >= 11 is -1.18. The molecule has 28 heavy (non-hydrogen) atoms. The van der Waals surface area contributed by atoms with Crippen molar-refractivity contribution in [1.82, 2.24) is 0 Å². The zero-order valence-electron chi connectivity index (χ0n) is 19.1. The Bertz CT molecular complexity index is 908. The van der Waals surface area contributed by atoms with E-state index >= 15 is 0 Å². The number of hydrogen-bond donors (Lipinski definition) is 0. The van der Waals surface area contributed by atoms with Gasteiger partial charge in [-0.2, -0.15) is 0 Å². The van der Waals surface area contributed by atoms with Gasteiger partial charge in [0.25, 0.3) is 0 Å². The van der Waals surface area contributed by atoms with E-state index in [2.05, 4.69) is 79.7 Å². The van der Waals surface area contributed by atoms with Crippen molar-refractivity contribution in [2.45, 2.75) is 87.4 Å². The summed E-state index contributed by atoms with van der Waals surface area (Å²) < 4.78 is 0.678. The Morgan fingerprint density at radius 2 is 1.50 bits per heavy atom. The standard InChI is InChI=1S/C17H21.C10H15.Hf/c1-17(2,3)11-15-8-7-14-9-12-5-4-6-13(12)10-16(14)15;1-6-7(2)9(4)10(5)8(6)3;/h7-10H,4-6,11H2,1-3H3;1-5H3;. The maximum absolute atomic E-state index is 2.66. The van der Waals surface area contributed by atoms with Crippen molar-refractivity contribution in [3.63, 3.8) is 0 Å². The molecule has 0 saturated carbocycles. The SMILES string of the molecule is CC1=C(C)[C](C)([Hf][C]2(CC(C)(C)C)C=Cc3cc4c(cc32)CCC4)C(C)=C1C. The van der Waals surface area contributed by atoms with E-state index in [-0.39, 0.29) is 0 Å². The first-order valence-electron chi connectivity index (χ1n) is 11.0. The van der Waals surface area contributed by atoms with E-state index in [1.807, 2.05) is 0 Å². The molecule has 0 saturated heterocycles. The monoisotopic (exact) mass is 540 g/mol. The van der Waals surface area contributed by atoms with Crippen LogP contribution in [0, 0.1) is 5.41 Å². The van der Waals surface area contributed by atoms with Gasteiger partial charge in [0.15, 0.2) is 0 Å². The quantitative estimate of drug-likeness (QED) is 0.345. The predicted molar refractivity (Wildman–Crippen MR) is 118 cm³/mol. The van der Waals surface area contributed by atoms with Crippen molar-refractivity contribution < 1.29 is 22.9 Å². The van der Waals surface area contributed by atoms with Gasteiger partial charge in [-0.05, 0) is 0 Å². The molecule has 0 radical (unpaired) electrons. The first kappa shape index (κ1) is 20.6. The number of rotatable bonds is 3. The van der Waals surface area contributed by atoms with Crippen LogP contribution in [-0.2, 0) is 38.9 Å². The van der Waals surface area contributed by atoms with Gasteiger partial charge in [-0.3, -0.25) is 0 Å². The molecule has 1 atom stereocenters. The Labute approximate surface area is 183 Å². The molecule has 0 fully saturated rings. The third kappa shape index (κ3) is 3.11. The van der Waals surface area contributed by atoms with Crippen LogP contribution in [-0.4, -0.2) is 0 Å². The van der Waals surface area contributed by atoms with Crippen LogP contribution in [0.2, 0.25) is 3.17 Å². The Morgan fingerprint density at radius 3 is 2.07 bits per heavy atom. The number of aryl methyl sites for hydroxylation is 2. The van der Waals surface area contributed by atoms with Gasteiger partial charge in [-0.1, -0.05) is 0 Å². The fourth-order valence-electron chi connectivity index (χ4n) is 5.86. The van der Waals surface area contributed by atoms with Crippen LogP contribution in [0.15, 0.2) is 40.5 Å². The van der Waals surface area contributed by atoms with Crippen molar-refractivity contribution >= 4 is 6.08 Å². The molecule has 0 bridgehead atoms. The summed E-state index contributed by atoms with van der Waals surface area (Å²) in [6.45, 7) is 19.5. The summed E-state index contributed by atoms with van der Waals surface area (Å²) in [7, 11) is 0. The molecule has 1 unspecified atom stereocenters. The normalized spacial score (nSPS) is 25.6. The number of fused-ring (bicyclic) bond motifs is 2. The van der Waals surface area contributed by atoms with E-state index in [1.165, 1.54) is 31.2 Å². The predicted octanol–water partition coefficient (Wildman–Crippen LogP) is 7.78. The average Bonchev–Trinajstić information content (AvgIpc) is 3.23. The summed E-state index contributed by atoms with van der Waals surface area (Å²) in [5.74, 6) is 0. The number of benzene rings is 1. The summed E-state index contributed by atoms with van der Waals surface area (Å²) in [5, 5.41) is 0. The van der Waals surface area contributed by atoms with Crippen LogP contribution in [0.25, 0.3) is 6.08 Å². The zero-order chi connectivity index (χ0) is 20.5. The molecule has 0 spiro atoms. The van der Waals surface area contributed by atoms with Crippen molar-refractivity contribution in [3.8, 4) is 0 Å². The molecule has 0 heterocycles. The van der Waals surface area contributed by atoms with Gasteiger partial charge in [0.05, 0.1) is 0 Å². The molecule has 148 valence electrons. The Balaban J connectivity index is 1.85. The van der Waals surface area contributed by atoms with Gasteiger partial charge >= 0.3 is 185 Å². The number of hydrogen-bond acceptors (Lipinski definition) is 0. The number of allylic oxidation sites excluding steroid dienone is 5. The van der Waals surface area contributed by atoms with E-state index < -0.39 is 22.9 Å². The summed E-state index contributed by atoms with van der Waals surface area (Å²) in [5.41, 5.74) is 13.3. The molecular formula is C27H36Hf. The Kier molecular flexibility index (Phi) is 4.89. The molecule has 0 nitrogen and oxygen atoms in total. The molecule has 1 aromatic rings. The van der Waals surface area contributed by atoms with Crippen molar-refractivity contribution in [2.75, 3.05) is 0 Å². The molecule has 3 aliphatic carbocycles. The van der Waals surface area contributed by atoms with Crippen molar-refractivity contribution in [2.24, 2.45) is 5.41 Å². The van der Waals surface area contributed by atoms with Gasteiger partial charge in [-0.25, -0.2) is 0 Å². The first-order chi connectivity index (χ1) is 13.0. The van der Waals surface area contributed by atoms with Crippen molar-refractivity contribution in [3.05, 3.63) is 62.8 Å². The van der Waals surface area contributed by atoms with Crippen molar-refractivity contribution in [1.29, 1.82) is 0 Å². The molecule has 4 rings (SSSR count). The fraction of sp³-hybridized carbons (Fsp3) is 0.556. The molecule has 0 amide bonds. The van der Waals surface area contributed by atoms with Gasteiger partial charge in [-0.15, -0.1) is 0 Å². The minimum absolute atomic E-state index is 0.327. The second kappa shape index (κ2) is 6.66. The van der Waals surface area contributed by atoms with Crippen LogP contribution in [0.1, 0.15) is 90.5 Å². The van der Waals surface area contributed by atoms with Crippen LogP contribution in [0.5, 0.6) is 0 Å². The Morgan fingerprint density at radius 1 is 0.929 bits per heavy atom. The van der Waals surface area contributed by atoms with E-state index in [4.69, 9.17) is 0 Å². The summed E-state index contributed by atoms with van der Waals surface area (Å²) in [4.78, 5) is 0. The van der Waals surface area contributed by atoms with Gasteiger partial charge in [0, 0.05) is 0 Å². The molecule has 1 aromatic carbocycles. The second-order valence-electron chi connectivity index (χ2n) is 10.9. The molecule has 0 N–H and O–H groups in total. The maximum atomic E-state index is 2.66. The third-order valence-electron chi connectivity index (χ3n) is 7.76. The molecule has 0 aromatic heterocycles. The third-order valence-corrected chi connectivity index (χ3v) is 16.1. The first-order valence-corrected chi connectivity index (χ1v) is 14.6. The van der Waals surface area contributed by atoms with E-state index in [1.54, 1.807) is 39.0 Å². The molecule has 3 aliphatic rings. The van der Waals surface area contributed by atoms with Crippen LogP contribution < -0.4 is 0 Å². The van der Waals surface area contributed by atoms with Crippen LogP contribution in [0.3, 0.4) is 0 Å². The zero-order valence-corrected chi connectivity index (χ0v) is 22.7. The molecule has 1 heteroatoms. The summed E-state index contributed by atoms with van der Waals surface area (Å²) in [6.07, 6.45) is 10.4. The van der Waals surface area contributed by atoms with Gasteiger partial charge < -0.3 is 0 Å². The minimum atomic E-state index is -1.18. The Hall–Kier alpha value is -0.690. The van der Waals surface area contributed by atoms with E-state index in [0.29, 0.717) is 11.8 Å². The van der Waals surface area contributed by atoms with Gasteiger partial charge in [0.2, 0.25) is 0 Å². The average molecular weight is 539 g/mol. The summed E-state index contributed by atoms with van der Waals surface area (Å²) in [6, 6.07) is 5.19. The molecule has 0 aliphatic heterocycles.